The maximum absolute atomic E-state index is 14.8. The van der Waals surface area contributed by atoms with Gasteiger partial charge in [-0.05, 0) is 25.8 Å². The average molecular weight is 537 g/mol. The zero-order chi connectivity index (χ0) is 27.5. The minimum Gasteiger partial charge on any atom is -0.489 e. The van der Waals surface area contributed by atoms with Crippen molar-refractivity contribution >= 4 is 22.5 Å². The van der Waals surface area contributed by atoms with Gasteiger partial charge in [-0.1, -0.05) is 18.2 Å². The van der Waals surface area contributed by atoms with E-state index in [1.807, 2.05) is 23.7 Å². The zero-order valence-corrected chi connectivity index (χ0v) is 21.6. The van der Waals surface area contributed by atoms with E-state index in [0.717, 1.165) is 17.3 Å². The van der Waals surface area contributed by atoms with Crippen LogP contribution in [0.4, 0.5) is 18.9 Å². The summed E-state index contributed by atoms with van der Waals surface area (Å²) >= 11 is 0. The number of nitrogens with zero attached hydrogens (tertiary/aromatic N) is 6. The Balaban J connectivity index is 1.36. The van der Waals surface area contributed by atoms with Gasteiger partial charge in [-0.15, -0.1) is 0 Å². The molecular weight excluding hydrogens is 509 g/mol. The van der Waals surface area contributed by atoms with Gasteiger partial charge < -0.3 is 19.1 Å². The largest absolute Gasteiger partial charge is 0.489 e. The topological polar surface area (TPSA) is 86.8 Å². The van der Waals surface area contributed by atoms with Crippen LogP contribution < -0.4 is 15.1 Å². The number of piperazine rings is 1. The summed E-state index contributed by atoms with van der Waals surface area (Å²) in [5.41, 5.74) is 0.575. The maximum Gasteiger partial charge on any atom is 0.266 e. The van der Waals surface area contributed by atoms with E-state index in [9.17, 15) is 23.2 Å². The lowest BCUT2D eigenvalue weighted by Gasteiger charge is -2.46. The molecule has 11 heteroatoms. The molecule has 0 spiro atoms. The number of ether oxygens (including phenoxy) is 1. The molecule has 2 atom stereocenters. The molecule has 1 aromatic heterocycles. The van der Waals surface area contributed by atoms with Crippen LogP contribution in [0.25, 0.3) is 10.9 Å². The second-order valence-electron chi connectivity index (χ2n) is 10.5. The first kappa shape index (κ1) is 25.2. The van der Waals surface area contributed by atoms with Crippen LogP contribution in [0.3, 0.4) is 0 Å². The molecule has 2 aromatic carbocycles. The minimum absolute atomic E-state index is 0.0712. The molecule has 2 aliphatic heterocycles. The Hall–Kier alpha value is -4.07. The fourth-order valence-corrected chi connectivity index (χ4v) is 5.54. The van der Waals surface area contributed by atoms with Crippen LogP contribution >= 0.6 is 0 Å². The van der Waals surface area contributed by atoms with Crippen LogP contribution in [0.2, 0.25) is 0 Å². The normalized spacial score (nSPS) is 20.7. The van der Waals surface area contributed by atoms with Crippen molar-refractivity contribution in [2.24, 2.45) is 17.5 Å². The Bertz CT molecular complexity index is 1590. The number of rotatable bonds is 4. The first-order chi connectivity index (χ1) is 18.7. The van der Waals surface area contributed by atoms with Crippen LogP contribution in [0.5, 0.6) is 5.75 Å². The molecule has 6 rings (SSSR count). The summed E-state index contributed by atoms with van der Waals surface area (Å²) in [7, 11) is 1.85. The number of carbonyl (C=O) groups excluding carboxylic acids is 1. The van der Waals surface area contributed by atoms with Crippen molar-refractivity contribution in [3.63, 3.8) is 0 Å². The van der Waals surface area contributed by atoms with Crippen molar-refractivity contribution in [2.45, 2.75) is 38.3 Å². The second-order valence-corrected chi connectivity index (χ2v) is 10.5. The number of halogens is 3. The quantitative estimate of drug-likeness (QED) is 0.503. The summed E-state index contributed by atoms with van der Waals surface area (Å²) in [4.78, 5) is 26.0. The molecule has 2 fully saturated rings. The number of fused-ring (bicyclic) bond motifs is 4. The molecule has 1 amide bonds. The number of benzene rings is 2. The van der Waals surface area contributed by atoms with E-state index >= 15 is 0 Å². The van der Waals surface area contributed by atoms with E-state index in [-0.39, 0.29) is 17.5 Å². The molecule has 3 heterocycles. The highest BCUT2D eigenvalue weighted by Gasteiger charge is 2.53. The molecule has 0 radical (unpaired) electrons. The third-order valence-corrected chi connectivity index (χ3v) is 7.99. The van der Waals surface area contributed by atoms with Gasteiger partial charge in [0.25, 0.3) is 6.43 Å². The van der Waals surface area contributed by atoms with Gasteiger partial charge >= 0.3 is 0 Å². The number of hydrogen-bond acceptors (Lipinski definition) is 6. The molecule has 39 heavy (non-hydrogen) atoms. The highest BCUT2D eigenvalue weighted by Crippen LogP contribution is 2.47. The lowest BCUT2D eigenvalue weighted by molar-refractivity contribution is -0.136. The Morgan fingerprint density at radius 2 is 2.03 bits per heavy atom. The Labute approximate surface area is 222 Å². The van der Waals surface area contributed by atoms with Crippen molar-refractivity contribution in [2.75, 3.05) is 31.1 Å². The molecule has 1 aliphatic carbocycles. The number of anilines is 1. The maximum atomic E-state index is 14.8. The van der Waals surface area contributed by atoms with E-state index in [1.165, 1.54) is 12.1 Å². The third kappa shape index (κ3) is 4.18. The standard InChI is InChI=1S/C28H27F3N6O2/c1-16(18-4-3-5-19(24(18)29)25(30)31)34-26-20-10-22-23(11-21(20)35(2)15-33-26)39-13-17-12-36(8-9-37(17)22)27(38)28(14-32)6-7-28/h3-5,10-11,15-17,25H,6-9,12-13H2,1-2H3/b34-26-/t16-,17-/m1/s1. The number of amides is 1. The van der Waals surface area contributed by atoms with Gasteiger partial charge in [0.15, 0.2) is 5.49 Å². The number of hydrogen-bond donors (Lipinski definition) is 0. The molecule has 1 saturated carbocycles. The summed E-state index contributed by atoms with van der Waals surface area (Å²) in [6, 6.07) is 9.16. The number of aryl methyl sites for hydroxylation is 1. The molecule has 1 saturated heterocycles. The third-order valence-electron chi connectivity index (χ3n) is 7.99. The van der Waals surface area contributed by atoms with Crippen LogP contribution in [0.15, 0.2) is 41.7 Å². The monoisotopic (exact) mass is 536 g/mol. The molecule has 3 aromatic rings. The van der Waals surface area contributed by atoms with E-state index in [0.29, 0.717) is 55.7 Å². The molecular formula is C28H27F3N6O2. The van der Waals surface area contributed by atoms with Crippen LogP contribution in [-0.4, -0.2) is 52.6 Å². The van der Waals surface area contributed by atoms with Gasteiger partial charge in [-0.2, -0.15) is 5.26 Å². The SMILES string of the molecule is C[C@@H](/N=c1\ncn(C)c2cc3c(cc12)N1CCN(C(=O)C2(C#N)CC2)C[C@@H]1CO3)c1cccc(C(F)F)c1F. The Morgan fingerprint density at radius 1 is 1.26 bits per heavy atom. The molecule has 0 bridgehead atoms. The second kappa shape index (κ2) is 9.29. The zero-order valence-electron chi connectivity index (χ0n) is 21.6. The summed E-state index contributed by atoms with van der Waals surface area (Å²) in [6.45, 7) is 3.61. The molecule has 202 valence electrons. The Kier molecular flexibility index (Phi) is 6.01. The van der Waals surface area contributed by atoms with Gasteiger partial charge in [0.1, 0.15) is 23.6 Å². The summed E-state index contributed by atoms with van der Waals surface area (Å²) in [6.07, 6.45) is -0.0880. The number of carbonyl (C=O) groups is 1. The van der Waals surface area contributed by atoms with Crippen molar-refractivity contribution in [1.29, 1.82) is 5.26 Å². The number of nitriles is 1. The highest BCUT2D eigenvalue weighted by atomic mass is 19.3. The molecule has 0 N–H and O–H groups in total. The smallest absolute Gasteiger partial charge is 0.266 e. The van der Waals surface area contributed by atoms with Crippen LogP contribution in [0, 0.1) is 22.6 Å². The van der Waals surface area contributed by atoms with Gasteiger partial charge in [0, 0.05) is 43.7 Å². The van der Waals surface area contributed by atoms with Crippen LogP contribution in [-0.2, 0) is 11.8 Å². The molecule has 3 aliphatic rings. The number of alkyl halides is 2. The van der Waals surface area contributed by atoms with Crippen LogP contribution in [0.1, 0.15) is 43.4 Å². The fraction of sp³-hybridized carbons (Fsp3) is 0.429. The molecule has 0 unspecified atom stereocenters. The number of aromatic nitrogens is 2. The van der Waals surface area contributed by atoms with Gasteiger partial charge in [0.2, 0.25) is 5.91 Å². The average Bonchev–Trinajstić information content (AvgIpc) is 3.74. The van der Waals surface area contributed by atoms with E-state index in [1.54, 1.807) is 18.2 Å². The lowest BCUT2D eigenvalue weighted by atomic mass is 10.0. The van der Waals surface area contributed by atoms with Crippen molar-refractivity contribution < 1.29 is 22.7 Å². The van der Waals surface area contributed by atoms with E-state index < -0.39 is 29.3 Å². The van der Waals surface area contributed by atoms with Gasteiger partial charge in [-0.3, -0.25) is 9.79 Å². The summed E-state index contributed by atoms with van der Waals surface area (Å²) in [5.74, 6) is -0.353. The predicted molar refractivity (Wildman–Crippen MR) is 137 cm³/mol. The van der Waals surface area contributed by atoms with E-state index in [2.05, 4.69) is 20.9 Å². The first-order valence-electron chi connectivity index (χ1n) is 12.9. The first-order valence-corrected chi connectivity index (χ1v) is 12.9. The van der Waals surface area contributed by atoms with Crippen molar-refractivity contribution in [3.8, 4) is 11.8 Å². The summed E-state index contributed by atoms with van der Waals surface area (Å²) in [5, 5.41) is 10.2. The summed E-state index contributed by atoms with van der Waals surface area (Å²) < 4.78 is 49.3. The van der Waals surface area contributed by atoms with Crippen molar-refractivity contribution in [1.82, 2.24) is 14.5 Å². The highest BCUT2D eigenvalue weighted by molar-refractivity contribution is 5.89. The lowest BCUT2D eigenvalue weighted by Crippen LogP contribution is -2.59. The predicted octanol–water partition coefficient (Wildman–Crippen LogP) is 4.03. The Morgan fingerprint density at radius 3 is 2.74 bits per heavy atom. The van der Waals surface area contributed by atoms with Gasteiger partial charge in [-0.25, -0.2) is 18.2 Å². The van der Waals surface area contributed by atoms with E-state index in [4.69, 9.17) is 4.74 Å². The van der Waals surface area contributed by atoms with Gasteiger partial charge in [0.05, 0.1) is 41.2 Å². The fourth-order valence-electron chi connectivity index (χ4n) is 5.54. The minimum atomic E-state index is -2.92. The van der Waals surface area contributed by atoms with Crippen molar-refractivity contribution in [3.05, 3.63) is 59.1 Å². The molecule has 8 nitrogen and oxygen atoms in total.